The summed E-state index contributed by atoms with van der Waals surface area (Å²) in [6.07, 6.45) is 33.2. The van der Waals surface area contributed by atoms with Crippen LogP contribution in [0, 0.1) is 28.6 Å². The van der Waals surface area contributed by atoms with E-state index in [0.29, 0.717) is 5.41 Å². The highest BCUT2D eigenvalue weighted by Crippen LogP contribution is 2.77. The molecule has 0 N–H and O–H groups in total. The largest absolute Gasteiger partial charge is 0.249 e. The van der Waals surface area contributed by atoms with Crippen molar-refractivity contribution in [2.75, 3.05) is 14.1 Å². The molecule has 5 atom stereocenters. The first-order valence-corrected chi connectivity index (χ1v) is 16.3. The molecule has 0 radical (unpaired) electrons. The maximum absolute atomic E-state index is 5.60. The third kappa shape index (κ3) is 5.32. The number of aliphatic imine (C=N–C) groups is 1. The topological polar surface area (TPSA) is 12.4 Å². The molecule has 0 bridgehead atoms. The standard InChI is InChI=1S/C34H57N2/c1-5-7-9-15-21-30-31(22-8-6-2)36(3,4)32(35-30)33-23-17-16-20-29-26-34(29)25-28(34)19-14-12-10-11-13-18-27(33)24-33/h8,22,27-29H,5-7,9-21,23-26H2,1-4H3/q+1. The minimum atomic E-state index is 0.389. The molecule has 1 heterocycles. The van der Waals surface area contributed by atoms with Crippen molar-refractivity contribution in [2.24, 2.45) is 33.6 Å². The van der Waals surface area contributed by atoms with E-state index in [9.17, 15) is 0 Å². The number of nitrogens with zero attached hydrogens (tertiary/aromatic N) is 2. The normalized spacial score (nSPS) is 38.3. The molecule has 2 nitrogen and oxygen atoms in total. The number of rotatable bonds is 8. The Hall–Kier alpha value is -0.890. The Bertz CT molecular complexity index is 862. The van der Waals surface area contributed by atoms with Gasteiger partial charge in [0.1, 0.15) is 5.70 Å². The van der Waals surface area contributed by atoms with Crippen LogP contribution in [-0.2, 0) is 0 Å². The lowest BCUT2D eigenvalue weighted by molar-refractivity contribution is -0.755. The Morgan fingerprint density at radius 1 is 0.806 bits per heavy atom. The van der Waals surface area contributed by atoms with Crippen molar-refractivity contribution in [2.45, 2.75) is 142 Å². The zero-order valence-corrected chi connectivity index (χ0v) is 24.4. The summed E-state index contributed by atoms with van der Waals surface area (Å²) in [6.45, 7) is 4.58. The molecule has 202 valence electrons. The molecular formula is C34H57N2+. The Balaban J connectivity index is 1.30. The third-order valence-corrected chi connectivity index (χ3v) is 11.2. The van der Waals surface area contributed by atoms with Crippen molar-refractivity contribution < 1.29 is 4.48 Å². The van der Waals surface area contributed by atoms with Crippen molar-refractivity contribution in [1.82, 2.24) is 0 Å². The fourth-order valence-electron chi connectivity index (χ4n) is 8.75. The van der Waals surface area contributed by atoms with Crippen molar-refractivity contribution in [3.05, 3.63) is 23.5 Å². The van der Waals surface area contributed by atoms with Crippen LogP contribution in [0.5, 0.6) is 0 Å². The summed E-state index contributed by atoms with van der Waals surface area (Å²) in [5, 5.41) is 0. The minimum Gasteiger partial charge on any atom is -0.249 e. The summed E-state index contributed by atoms with van der Waals surface area (Å²) < 4.78 is 0.920. The Morgan fingerprint density at radius 2 is 1.47 bits per heavy atom. The molecule has 0 aromatic carbocycles. The van der Waals surface area contributed by atoms with Crippen LogP contribution in [0.3, 0.4) is 0 Å². The van der Waals surface area contributed by atoms with Gasteiger partial charge in [-0.05, 0) is 93.5 Å². The fraction of sp³-hybridized carbons (Fsp3) is 0.853. The van der Waals surface area contributed by atoms with E-state index in [1.165, 1.54) is 114 Å². The average molecular weight is 494 g/mol. The molecule has 1 aliphatic heterocycles. The molecule has 5 unspecified atom stereocenters. The highest BCUT2D eigenvalue weighted by Gasteiger charge is 2.68. The maximum Gasteiger partial charge on any atom is 0.214 e. The van der Waals surface area contributed by atoms with Crippen LogP contribution >= 0.6 is 0 Å². The lowest BCUT2D eigenvalue weighted by Crippen LogP contribution is -2.47. The molecule has 0 aromatic heterocycles. The maximum atomic E-state index is 5.60. The molecule has 4 fully saturated rings. The highest BCUT2D eigenvalue weighted by atomic mass is 15.4. The number of likely N-dealkylation sites (N-methyl/N-ethyl adjacent to an activating group) is 1. The molecule has 4 aliphatic carbocycles. The van der Waals surface area contributed by atoms with Crippen LogP contribution in [0.25, 0.3) is 0 Å². The van der Waals surface area contributed by atoms with E-state index in [-0.39, 0.29) is 0 Å². The third-order valence-electron chi connectivity index (χ3n) is 11.2. The molecular weight excluding hydrogens is 436 g/mol. The van der Waals surface area contributed by atoms with Gasteiger partial charge in [0.15, 0.2) is 5.70 Å². The van der Waals surface area contributed by atoms with Gasteiger partial charge in [-0.1, -0.05) is 84.1 Å². The summed E-state index contributed by atoms with van der Waals surface area (Å²) in [7, 11) is 4.91. The number of allylic oxidation sites excluding steroid dienone is 3. The Morgan fingerprint density at radius 3 is 2.17 bits per heavy atom. The quantitative estimate of drug-likeness (QED) is 0.235. The van der Waals surface area contributed by atoms with Gasteiger partial charge in [-0.2, -0.15) is 4.99 Å². The van der Waals surface area contributed by atoms with Gasteiger partial charge in [0.25, 0.3) is 0 Å². The first-order valence-electron chi connectivity index (χ1n) is 16.3. The summed E-state index contributed by atoms with van der Waals surface area (Å²) >= 11 is 0. The molecule has 5 aliphatic rings. The second-order valence-corrected chi connectivity index (χ2v) is 14.0. The van der Waals surface area contributed by atoms with Gasteiger partial charge in [0, 0.05) is 0 Å². The Labute approximate surface area is 223 Å². The van der Waals surface area contributed by atoms with Crippen LogP contribution in [-0.4, -0.2) is 24.4 Å². The number of unbranched alkanes of at least 4 members (excludes halogenated alkanes) is 3. The van der Waals surface area contributed by atoms with E-state index in [1.54, 1.807) is 25.1 Å². The fourth-order valence-corrected chi connectivity index (χ4v) is 8.75. The first-order chi connectivity index (χ1) is 17.5. The molecule has 0 amide bonds. The lowest BCUT2D eigenvalue weighted by atomic mass is 9.90. The van der Waals surface area contributed by atoms with E-state index in [4.69, 9.17) is 4.99 Å². The number of quaternary nitrogens is 1. The zero-order chi connectivity index (χ0) is 25.2. The average Bonchev–Trinajstić information content (AvgIpc) is 3.80. The number of hydrogen-bond donors (Lipinski definition) is 0. The van der Waals surface area contributed by atoms with Crippen LogP contribution in [0.1, 0.15) is 142 Å². The second-order valence-electron chi connectivity index (χ2n) is 14.0. The smallest absolute Gasteiger partial charge is 0.214 e. The monoisotopic (exact) mass is 493 g/mol. The molecule has 5 rings (SSSR count). The number of amidine groups is 1. The first kappa shape index (κ1) is 26.7. The van der Waals surface area contributed by atoms with Crippen molar-refractivity contribution in [3.63, 3.8) is 0 Å². The summed E-state index contributed by atoms with van der Waals surface area (Å²) in [4.78, 5) is 5.60. The van der Waals surface area contributed by atoms with Gasteiger partial charge in [-0.3, -0.25) is 0 Å². The van der Waals surface area contributed by atoms with E-state index in [0.717, 1.165) is 34.1 Å². The van der Waals surface area contributed by atoms with E-state index in [2.05, 4.69) is 40.1 Å². The summed E-state index contributed by atoms with van der Waals surface area (Å²) in [5.41, 5.74) is 4.17. The second kappa shape index (κ2) is 11.1. The van der Waals surface area contributed by atoms with Gasteiger partial charge in [-0.15, -0.1) is 0 Å². The van der Waals surface area contributed by atoms with Gasteiger partial charge in [-0.25, -0.2) is 4.48 Å². The van der Waals surface area contributed by atoms with Crippen LogP contribution in [0.15, 0.2) is 28.5 Å². The van der Waals surface area contributed by atoms with E-state index >= 15 is 0 Å². The Kier molecular flexibility index (Phi) is 8.22. The van der Waals surface area contributed by atoms with Crippen LogP contribution in [0.2, 0.25) is 0 Å². The predicted molar refractivity (Wildman–Crippen MR) is 155 cm³/mol. The molecule has 0 saturated heterocycles. The SMILES string of the molecule is CCC=CC1=C(CCCCCC)N=C(C23CCCCC4CC45CC5CCCCCCCC2C3)[N+]1(C)C. The molecule has 4 saturated carbocycles. The minimum absolute atomic E-state index is 0.389. The summed E-state index contributed by atoms with van der Waals surface area (Å²) in [5.74, 6) is 4.65. The zero-order valence-electron chi connectivity index (χ0n) is 24.4. The highest BCUT2D eigenvalue weighted by molar-refractivity contribution is 5.89. The van der Waals surface area contributed by atoms with Crippen molar-refractivity contribution >= 4 is 5.84 Å². The van der Waals surface area contributed by atoms with Crippen LogP contribution in [0.4, 0.5) is 0 Å². The van der Waals surface area contributed by atoms with E-state index in [1.807, 2.05) is 0 Å². The van der Waals surface area contributed by atoms with Crippen molar-refractivity contribution in [3.8, 4) is 0 Å². The van der Waals surface area contributed by atoms with Gasteiger partial charge in [0.2, 0.25) is 5.84 Å². The number of hydrogen-bond acceptors (Lipinski definition) is 1. The van der Waals surface area contributed by atoms with Gasteiger partial charge in [0.05, 0.1) is 19.5 Å². The predicted octanol–water partition coefficient (Wildman–Crippen LogP) is 9.96. The molecule has 36 heavy (non-hydrogen) atoms. The molecule has 1 spiro atoms. The molecule has 0 aromatic rings. The van der Waals surface area contributed by atoms with E-state index < -0.39 is 0 Å². The van der Waals surface area contributed by atoms with Gasteiger partial charge >= 0.3 is 0 Å². The van der Waals surface area contributed by atoms with Gasteiger partial charge < -0.3 is 0 Å². The number of fused-ring (bicyclic) bond motifs is 1. The summed E-state index contributed by atoms with van der Waals surface area (Å²) in [6, 6.07) is 0. The van der Waals surface area contributed by atoms with Crippen LogP contribution < -0.4 is 0 Å². The van der Waals surface area contributed by atoms with Crippen molar-refractivity contribution in [1.29, 1.82) is 0 Å². The lowest BCUT2D eigenvalue weighted by Gasteiger charge is -2.32. The molecule has 2 heteroatoms.